The molecule has 0 saturated carbocycles. The van der Waals surface area contributed by atoms with Crippen LogP contribution in [0.5, 0.6) is 0 Å². The Morgan fingerprint density at radius 1 is 0.750 bits per heavy atom. The summed E-state index contributed by atoms with van der Waals surface area (Å²) in [6, 6.07) is 26.8. The Balaban J connectivity index is 1.84. The van der Waals surface area contributed by atoms with E-state index in [1.54, 1.807) is 24.3 Å². The average Bonchev–Trinajstić information content (AvgIpc) is 2.98. The first-order valence-corrected chi connectivity index (χ1v) is 16.1. The normalized spacial score (nSPS) is 12.5. The smallest absolute Gasteiger partial charge is 0.354 e. The predicted octanol–water partition coefficient (Wildman–Crippen LogP) is 5.76. The molecule has 0 heterocycles. The van der Waals surface area contributed by atoms with Gasteiger partial charge in [0.15, 0.2) is 5.28 Å². The van der Waals surface area contributed by atoms with Crippen molar-refractivity contribution in [3.8, 4) is 11.1 Å². The van der Waals surface area contributed by atoms with Gasteiger partial charge in [-0.2, -0.15) is 0 Å². The SMILES string of the molecule is Cc1ccc(C(NC(Cc2ccc(-c3ccccc3)cc2)C(=O)NCCC(=O)O)(c2ccc(C)c(C)c2)P(=O)(O)O)cc1C. The molecule has 4 aromatic carbocycles. The Morgan fingerprint density at radius 2 is 1.27 bits per heavy atom. The first kappa shape index (κ1) is 32.8. The van der Waals surface area contributed by atoms with Crippen LogP contribution in [0.25, 0.3) is 11.1 Å². The lowest BCUT2D eigenvalue weighted by molar-refractivity contribution is -0.137. The summed E-state index contributed by atoms with van der Waals surface area (Å²) in [5.74, 6) is -1.63. The van der Waals surface area contributed by atoms with Crippen LogP contribution in [0.3, 0.4) is 0 Å². The minimum Gasteiger partial charge on any atom is -0.481 e. The third-order valence-corrected chi connectivity index (χ3v) is 9.64. The number of carboxylic acid groups (broad SMARTS) is 1. The second-order valence-corrected chi connectivity index (χ2v) is 13.0. The maximum atomic E-state index is 13.8. The molecule has 0 aliphatic rings. The second-order valence-electron chi connectivity index (χ2n) is 11.3. The maximum absolute atomic E-state index is 13.8. The van der Waals surface area contributed by atoms with Gasteiger partial charge in [0.1, 0.15) is 0 Å². The zero-order valence-corrected chi connectivity index (χ0v) is 26.3. The van der Waals surface area contributed by atoms with E-state index in [1.807, 2.05) is 94.4 Å². The highest BCUT2D eigenvalue weighted by atomic mass is 31.2. The maximum Gasteiger partial charge on any atom is 0.354 e. The molecule has 1 atom stereocenters. The monoisotopic (exact) mass is 614 g/mol. The van der Waals surface area contributed by atoms with Gasteiger partial charge in [-0.15, -0.1) is 0 Å². The average molecular weight is 615 g/mol. The fourth-order valence-electron chi connectivity index (χ4n) is 5.26. The topological polar surface area (TPSA) is 136 Å². The Morgan fingerprint density at radius 3 is 1.75 bits per heavy atom. The highest BCUT2D eigenvalue weighted by Gasteiger charge is 2.52. The van der Waals surface area contributed by atoms with E-state index in [0.717, 1.165) is 38.9 Å². The number of carboxylic acids is 1. The predicted molar refractivity (Wildman–Crippen MR) is 172 cm³/mol. The molecule has 1 amide bonds. The third kappa shape index (κ3) is 7.34. The number of aryl methyl sites for hydroxylation is 4. The molecule has 0 radical (unpaired) electrons. The summed E-state index contributed by atoms with van der Waals surface area (Å²) in [4.78, 5) is 47.3. The van der Waals surface area contributed by atoms with Crippen LogP contribution in [0.15, 0.2) is 91.0 Å². The lowest BCUT2D eigenvalue weighted by atomic mass is 9.91. The van der Waals surface area contributed by atoms with Crippen LogP contribution < -0.4 is 10.6 Å². The second kappa shape index (κ2) is 13.7. The van der Waals surface area contributed by atoms with Crippen LogP contribution in [0.2, 0.25) is 0 Å². The van der Waals surface area contributed by atoms with Crippen LogP contribution in [-0.2, 0) is 25.9 Å². The Kier molecular flexibility index (Phi) is 10.2. The first-order valence-electron chi connectivity index (χ1n) is 14.4. The Labute approximate surface area is 258 Å². The van der Waals surface area contributed by atoms with Crippen LogP contribution in [0.1, 0.15) is 45.4 Å². The zero-order valence-electron chi connectivity index (χ0n) is 25.4. The molecule has 1 unspecified atom stereocenters. The van der Waals surface area contributed by atoms with Crippen molar-refractivity contribution in [1.29, 1.82) is 0 Å². The van der Waals surface area contributed by atoms with Crippen molar-refractivity contribution in [2.45, 2.75) is 51.9 Å². The number of hydrogen-bond acceptors (Lipinski definition) is 4. The molecule has 0 aliphatic heterocycles. The van der Waals surface area contributed by atoms with Gasteiger partial charge in [-0.1, -0.05) is 91.0 Å². The number of aliphatic carboxylic acids is 1. The molecule has 4 aromatic rings. The van der Waals surface area contributed by atoms with Gasteiger partial charge < -0.3 is 20.2 Å². The first-order chi connectivity index (χ1) is 20.8. The van der Waals surface area contributed by atoms with E-state index >= 15 is 0 Å². The minimum absolute atomic E-state index is 0.0887. The zero-order chi connectivity index (χ0) is 32.1. The molecule has 5 N–H and O–H groups in total. The van der Waals surface area contributed by atoms with Gasteiger partial charge in [0.25, 0.3) is 0 Å². The summed E-state index contributed by atoms with van der Waals surface area (Å²) < 4.78 is 13.8. The molecule has 44 heavy (non-hydrogen) atoms. The van der Waals surface area contributed by atoms with Gasteiger partial charge in [0.05, 0.1) is 12.5 Å². The number of amides is 1. The summed E-state index contributed by atoms with van der Waals surface area (Å²) in [6.07, 6.45) is -0.201. The minimum atomic E-state index is -5.09. The van der Waals surface area contributed by atoms with Crippen molar-refractivity contribution in [1.82, 2.24) is 10.6 Å². The number of nitrogens with one attached hydrogen (secondary N) is 2. The molecule has 4 rings (SSSR count). The van der Waals surface area contributed by atoms with Crippen molar-refractivity contribution in [3.63, 3.8) is 0 Å². The highest BCUT2D eigenvalue weighted by molar-refractivity contribution is 7.53. The molecule has 9 heteroatoms. The molecular weight excluding hydrogens is 575 g/mol. The molecule has 0 aromatic heterocycles. The Hall–Kier alpha value is -4.07. The quantitative estimate of drug-likeness (QED) is 0.128. The molecule has 0 bridgehead atoms. The summed E-state index contributed by atoms with van der Waals surface area (Å²) in [7, 11) is -5.09. The molecular formula is C35H39N2O6P. The largest absolute Gasteiger partial charge is 0.481 e. The van der Waals surface area contributed by atoms with Crippen LogP contribution >= 0.6 is 7.60 Å². The summed E-state index contributed by atoms with van der Waals surface area (Å²) in [6.45, 7) is 7.44. The van der Waals surface area contributed by atoms with Gasteiger partial charge in [0.2, 0.25) is 5.91 Å². The number of carbonyl (C=O) groups excluding carboxylic acids is 1. The summed E-state index contributed by atoms with van der Waals surface area (Å²) in [5, 5.41) is 12.9. The molecule has 0 saturated heterocycles. The van der Waals surface area contributed by atoms with E-state index < -0.39 is 30.8 Å². The van der Waals surface area contributed by atoms with E-state index in [0.29, 0.717) is 11.1 Å². The van der Waals surface area contributed by atoms with E-state index in [4.69, 9.17) is 5.11 Å². The van der Waals surface area contributed by atoms with Crippen LogP contribution in [0.4, 0.5) is 0 Å². The standard InChI is InChI=1S/C35H39N2O6P/c1-23-10-16-30(20-25(23)3)35(44(41,42)43,31-17-11-24(2)26(4)21-31)37-32(34(40)36-19-18-33(38)39)22-27-12-14-29(15-13-27)28-8-6-5-7-9-28/h5-17,20-21,32,37H,18-19,22H2,1-4H3,(H,36,40)(H,38,39)(H2,41,42,43). The molecule has 8 nitrogen and oxygen atoms in total. The highest BCUT2D eigenvalue weighted by Crippen LogP contribution is 2.59. The van der Waals surface area contributed by atoms with Crippen LogP contribution in [0, 0.1) is 27.7 Å². The molecule has 0 spiro atoms. The molecule has 0 fully saturated rings. The van der Waals surface area contributed by atoms with Gasteiger partial charge in [-0.25, -0.2) is 0 Å². The van der Waals surface area contributed by atoms with Crippen molar-refractivity contribution in [3.05, 3.63) is 130 Å². The fraction of sp³-hybridized carbons (Fsp3) is 0.257. The Bertz CT molecular complexity index is 1630. The van der Waals surface area contributed by atoms with Gasteiger partial charge >= 0.3 is 13.6 Å². The van der Waals surface area contributed by atoms with Crippen molar-refractivity contribution < 1.29 is 29.0 Å². The van der Waals surface area contributed by atoms with Crippen molar-refractivity contribution in [2.75, 3.05) is 6.54 Å². The fourth-order valence-corrected chi connectivity index (χ4v) is 6.54. The lowest BCUT2D eigenvalue weighted by Crippen LogP contribution is -2.55. The number of hydrogen-bond donors (Lipinski definition) is 5. The van der Waals surface area contributed by atoms with E-state index in [2.05, 4.69) is 10.6 Å². The van der Waals surface area contributed by atoms with Gasteiger partial charge in [0, 0.05) is 6.54 Å². The molecule has 0 aliphatic carbocycles. The molecule has 230 valence electrons. The van der Waals surface area contributed by atoms with E-state index in [-0.39, 0.29) is 19.4 Å². The van der Waals surface area contributed by atoms with Gasteiger partial charge in [-0.05, 0) is 84.2 Å². The van der Waals surface area contributed by atoms with Crippen LogP contribution in [-0.4, -0.2) is 39.4 Å². The van der Waals surface area contributed by atoms with Crippen molar-refractivity contribution in [2.24, 2.45) is 0 Å². The summed E-state index contributed by atoms with van der Waals surface area (Å²) in [5.41, 5.74) is 7.00. The van der Waals surface area contributed by atoms with Crippen molar-refractivity contribution >= 4 is 19.5 Å². The van der Waals surface area contributed by atoms with E-state index in [9.17, 15) is 23.9 Å². The van der Waals surface area contributed by atoms with Gasteiger partial charge in [-0.3, -0.25) is 19.5 Å². The van der Waals surface area contributed by atoms with E-state index in [1.165, 1.54) is 0 Å². The summed E-state index contributed by atoms with van der Waals surface area (Å²) >= 11 is 0. The number of benzene rings is 4. The number of rotatable bonds is 12. The lowest BCUT2D eigenvalue weighted by Gasteiger charge is -2.39. The third-order valence-electron chi connectivity index (χ3n) is 8.12. The number of carbonyl (C=O) groups is 2.